The van der Waals surface area contributed by atoms with Crippen LogP contribution in [0.15, 0.2) is 0 Å². The second kappa shape index (κ2) is 9.39. The molecule has 5 heteroatoms. The first-order valence-electron chi connectivity index (χ1n) is 6.15. The quantitative estimate of drug-likeness (QED) is 0.622. The van der Waals surface area contributed by atoms with Gasteiger partial charge in [0.25, 0.3) is 0 Å². The van der Waals surface area contributed by atoms with Crippen molar-refractivity contribution >= 4 is 5.91 Å². The molecule has 0 heterocycles. The molecule has 102 valence electrons. The van der Waals surface area contributed by atoms with Gasteiger partial charge in [-0.05, 0) is 12.8 Å². The number of nitrogens with one attached hydrogen (secondary N) is 1. The van der Waals surface area contributed by atoms with E-state index in [1.807, 2.05) is 6.92 Å². The van der Waals surface area contributed by atoms with E-state index in [2.05, 4.69) is 19.2 Å². The minimum absolute atomic E-state index is 0.0396. The average Bonchev–Trinajstić information content (AvgIpc) is 2.30. The third-order valence-corrected chi connectivity index (χ3v) is 2.66. The Labute approximate surface area is 104 Å². The number of ether oxygens (including phenoxy) is 2. The lowest BCUT2D eigenvalue weighted by atomic mass is 10.0. The second-order valence-corrected chi connectivity index (χ2v) is 4.38. The first-order valence-corrected chi connectivity index (χ1v) is 6.15. The lowest BCUT2D eigenvalue weighted by Gasteiger charge is -2.23. The van der Waals surface area contributed by atoms with E-state index in [1.54, 1.807) is 7.11 Å². The Hall–Kier alpha value is -0.650. The number of rotatable bonds is 9. The van der Waals surface area contributed by atoms with Crippen LogP contribution in [0.2, 0.25) is 0 Å². The first-order chi connectivity index (χ1) is 8.04. The molecule has 0 bridgehead atoms. The van der Waals surface area contributed by atoms with Gasteiger partial charge >= 0.3 is 0 Å². The number of carbonyl (C=O) groups is 1. The molecule has 0 spiro atoms. The monoisotopic (exact) mass is 246 g/mol. The molecule has 1 amide bonds. The van der Waals surface area contributed by atoms with Crippen molar-refractivity contribution in [3.05, 3.63) is 0 Å². The average molecular weight is 246 g/mol. The van der Waals surface area contributed by atoms with E-state index in [0.717, 1.165) is 0 Å². The maximum absolute atomic E-state index is 11.7. The molecule has 0 aliphatic rings. The standard InChI is InChI=1S/C12H26N2O3/c1-5-17-8-11(9(2)3)14-12(15)6-10(7-13)16-4/h9-11H,5-8,13H2,1-4H3,(H,14,15). The minimum atomic E-state index is -0.213. The van der Waals surface area contributed by atoms with Crippen LogP contribution in [0.5, 0.6) is 0 Å². The third-order valence-electron chi connectivity index (χ3n) is 2.66. The molecule has 0 fully saturated rings. The summed E-state index contributed by atoms with van der Waals surface area (Å²) >= 11 is 0. The predicted molar refractivity (Wildman–Crippen MR) is 67.7 cm³/mol. The van der Waals surface area contributed by atoms with Crippen molar-refractivity contribution in [1.82, 2.24) is 5.32 Å². The fraction of sp³-hybridized carbons (Fsp3) is 0.917. The maximum atomic E-state index is 11.7. The molecular formula is C12H26N2O3. The highest BCUT2D eigenvalue weighted by Gasteiger charge is 2.18. The molecule has 0 radical (unpaired) electrons. The fourth-order valence-electron chi connectivity index (χ4n) is 1.38. The lowest BCUT2D eigenvalue weighted by Crippen LogP contribution is -2.43. The van der Waals surface area contributed by atoms with Gasteiger partial charge in [0, 0.05) is 20.3 Å². The highest BCUT2D eigenvalue weighted by molar-refractivity contribution is 5.76. The zero-order chi connectivity index (χ0) is 13.3. The summed E-state index contributed by atoms with van der Waals surface area (Å²) < 4.78 is 10.4. The van der Waals surface area contributed by atoms with Gasteiger partial charge in [0.15, 0.2) is 0 Å². The Morgan fingerprint density at radius 1 is 1.41 bits per heavy atom. The molecule has 0 rings (SSSR count). The van der Waals surface area contributed by atoms with Crippen LogP contribution in [0, 0.1) is 5.92 Å². The van der Waals surface area contributed by atoms with Gasteiger partial charge in [-0.25, -0.2) is 0 Å². The van der Waals surface area contributed by atoms with Crippen LogP contribution in [0.4, 0.5) is 0 Å². The van der Waals surface area contributed by atoms with Gasteiger partial charge in [-0.15, -0.1) is 0 Å². The molecule has 0 aromatic heterocycles. The van der Waals surface area contributed by atoms with Crippen LogP contribution in [0.25, 0.3) is 0 Å². The van der Waals surface area contributed by atoms with Crippen molar-refractivity contribution in [1.29, 1.82) is 0 Å². The maximum Gasteiger partial charge on any atom is 0.222 e. The summed E-state index contributed by atoms with van der Waals surface area (Å²) in [5, 5.41) is 2.95. The molecule has 0 saturated heterocycles. The Bertz CT molecular complexity index is 206. The highest BCUT2D eigenvalue weighted by Crippen LogP contribution is 2.04. The molecule has 0 aliphatic heterocycles. The smallest absolute Gasteiger partial charge is 0.222 e. The van der Waals surface area contributed by atoms with Gasteiger partial charge in [0.1, 0.15) is 0 Å². The zero-order valence-corrected chi connectivity index (χ0v) is 11.4. The summed E-state index contributed by atoms with van der Waals surface area (Å²) in [6, 6.07) is 0.0396. The SMILES string of the molecule is CCOCC(NC(=O)CC(CN)OC)C(C)C. The number of hydrogen-bond donors (Lipinski definition) is 2. The summed E-state index contributed by atoms with van der Waals surface area (Å²) in [5.41, 5.74) is 5.47. The van der Waals surface area contributed by atoms with Crippen molar-refractivity contribution in [3.63, 3.8) is 0 Å². The summed E-state index contributed by atoms with van der Waals surface area (Å²) in [5.74, 6) is 0.296. The molecule has 3 N–H and O–H groups in total. The Morgan fingerprint density at radius 2 is 2.06 bits per heavy atom. The van der Waals surface area contributed by atoms with Gasteiger partial charge < -0.3 is 20.5 Å². The van der Waals surface area contributed by atoms with Crippen LogP contribution < -0.4 is 11.1 Å². The van der Waals surface area contributed by atoms with Crippen LogP contribution in [0.1, 0.15) is 27.2 Å². The van der Waals surface area contributed by atoms with Crippen LogP contribution in [-0.4, -0.2) is 44.9 Å². The molecule has 0 aromatic rings. The molecule has 0 aromatic carbocycles. The van der Waals surface area contributed by atoms with E-state index in [0.29, 0.717) is 32.1 Å². The highest BCUT2D eigenvalue weighted by atomic mass is 16.5. The lowest BCUT2D eigenvalue weighted by molar-refractivity contribution is -0.124. The number of amides is 1. The molecule has 0 saturated carbocycles. The summed E-state index contributed by atoms with van der Waals surface area (Å²) in [6.45, 7) is 7.60. The molecule has 5 nitrogen and oxygen atoms in total. The third kappa shape index (κ3) is 7.31. The van der Waals surface area contributed by atoms with Crippen molar-refractivity contribution in [2.75, 3.05) is 26.9 Å². The summed E-state index contributed by atoms with van der Waals surface area (Å²) in [7, 11) is 1.56. The Kier molecular flexibility index (Phi) is 9.03. The van der Waals surface area contributed by atoms with Crippen LogP contribution >= 0.6 is 0 Å². The number of carbonyl (C=O) groups excluding carboxylic acids is 1. The van der Waals surface area contributed by atoms with E-state index in [4.69, 9.17) is 15.2 Å². The van der Waals surface area contributed by atoms with Crippen molar-refractivity contribution in [2.24, 2.45) is 11.7 Å². The zero-order valence-electron chi connectivity index (χ0n) is 11.4. The normalized spacial score (nSPS) is 14.7. The molecular weight excluding hydrogens is 220 g/mol. The molecule has 2 atom stereocenters. The topological polar surface area (TPSA) is 73.6 Å². The molecule has 2 unspecified atom stereocenters. The van der Waals surface area contributed by atoms with E-state index in [1.165, 1.54) is 0 Å². The number of methoxy groups -OCH3 is 1. The van der Waals surface area contributed by atoms with Gasteiger partial charge in [-0.2, -0.15) is 0 Å². The summed E-state index contributed by atoms with van der Waals surface area (Å²) in [4.78, 5) is 11.7. The van der Waals surface area contributed by atoms with E-state index in [9.17, 15) is 4.79 Å². The Morgan fingerprint density at radius 3 is 2.47 bits per heavy atom. The van der Waals surface area contributed by atoms with E-state index >= 15 is 0 Å². The van der Waals surface area contributed by atoms with Crippen LogP contribution in [0.3, 0.4) is 0 Å². The van der Waals surface area contributed by atoms with Crippen molar-refractivity contribution in [2.45, 2.75) is 39.3 Å². The van der Waals surface area contributed by atoms with Gasteiger partial charge in [-0.1, -0.05) is 13.8 Å². The minimum Gasteiger partial charge on any atom is -0.380 e. The predicted octanol–water partition coefficient (Wildman–Crippen LogP) is 0.528. The fourth-order valence-corrected chi connectivity index (χ4v) is 1.38. The Balaban J connectivity index is 4.11. The van der Waals surface area contributed by atoms with Gasteiger partial charge in [0.2, 0.25) is 5.91 Å². The number of nitrogens with two attached hydrogens (primary N) is 1. The van der Waals surface area contributed by atoms with Gasteiger partial charge in [0.05, 0.1) is 25.2 Å². The molecule has 17 heavy (non-hydrogen) atoms. The summed E-state index contributed by atoms with van der Waals surface area (Å²) in [6.07, 6.45) is 0.0809. The van der Waals surface area contributed by atoms with E-state index < -0.39 is 0 Å². The van der Waals surface area contributed by atoms with Crippen LogP contribution in [-0.2, 0) is 14.3 Å². The largest absolute Gasteiger partial charge is 0.380 e. The number of hydrogen-bond acceptors (Lipinski definition) is 4. The second-order valence-electron chi connectivity index (χ2n) is 4.38. The van der Waals surface area contributed by atoms with Gasteiger partial charge in [-0.3, -0.25) is 4.79 Å². The first kappa shape index (κ1) is 16.4. The van der Waals surface area contributed by atoms with Crippen molar-refractivity contribution < 1.29 is 14.3 Å². The van der Waals surface area contributed by atoms with E-state index in [-0.39, 0.29) is 18.1 Å². The molecule has 0 aliphatic carbocycles. The van der Waals surface area contributed by atoms with Crippen molar-refractivity contribution in [3.8, 4) is 0 Å².